The summed E-state index contributed by atoms with van der Waals surface area (Å²) in [4.78, 5) is 0. The van der Waals surface area contributed by atoms with Gasteiger partial charge in [0.1, 0.15) is 11.5 Å². The van der Waals surface area contributed by atoms with E-state index in [9.17, 15) is 0 Å². The lowest BCUT2D eigenvalue weighted by molar-refractivity contribution is 0.415. The second-order valence-corrected chi connectivity index (χ2v) is 7.36. The number of hydrogen-bond donors (Lipinski definition) is 0. The van der Waals surface area contributed by atoms with Gasteiger partial charge < -0.3 is 18.8 Å². The van der Waals surface area contributed by atoms with Gasteiger partial charge >= 0.3 is 7.69 Å². The zero-order chi connectivity index (χ0) is 17.2. The van der Waals surface area contributed by atoms with Crippen molar-refractivity contribution in [2.45, 2.75) is 0 Å². The lowest BCUT2D eigenvalue weighted by Crippen LogP contribution is -2.08. The average Bonchev–Trinajstić information content (AvgIpc) is 3.23. The molecule has 0 atom stereocenters. The van der Waals surface area contributed by atoms with E-state index >= 15 is 0 Å². The predicted molar refractivity (Wildman–Crippen MR) is 104 cm³/mol. The molecule has 25 heavy (non-hydrogen) atoms. The molecule has 0 aliphatic heterocycles. The highest BCUT2D eigenvalue weighted by atomic mass is 32.1. The molecule has 0 N–H and O–H groups in total. The minimum absolute atomic E-state index is 0.769. The Labute approximate surface area is 153 Å². The van der Waals surface area contributed by atoms with E-state index in [0.29, 0.717) is 0 Å². The van der Waals surface area contributed by atoms with Crippen LogP contribution in [0.5, 0.6) is 21.6 Å². The van der Waals surface area contributed by atoms with Crippen molar-refractivity contribution < 1.29 is 18.8 Å². The Morgan fingerprint density at radius 2 is 1.16 bits per heavy atom. The summed E-state index contributed by atoms with van der Waals surface area (Å²) >= 11 is 3.12. The largest absolute Gasteiger partial charge is 0.659 e. The predicted octanol–water partition coefficient (Wildman–Crippen LogP) is 5.13. The zero-order valence-electron chi connectivity index (χ0n) is 13.6. The van der Waals surface area contributed by atoms with E-state index in [0.717, 1.165) is 41.8 Å². The van der Waals surface area contributed by atoms with Gasteiger partial charge in [-0.15, -0.1) is 22.7 Å². The van der Waals surface area contributed by atoms with Crippen LogP contribution < -0.4 is 18.8 Å². The van der Waals surface area contributed by atoms with Crippen LogP contribution >= 0.6 is 22.7 Å². The first kappa shape index (κ1) is 16.1. The van der Waals surface area contributed by atoms with Gasteiger partial charge in [0.2, 0.25) is 0 Å². The standard InChI is InChI=1S/C18H14BO4S2/c1-20-13-3-5-15-11(7-13)9-17(24-15)22-19-23-18-10-12-8-14(21-2)4-6-16(12)25-18/h3-10H,1-2H3. The molecule has 2 aromatic heterocycles. The monoisotopic (exact) mass is 369 g/mol. The molecular formula is C18H14BO4S2. The summed E-state index contributed by atoms with van der Waals surface area (Å²) < 4.78 is 24.0. The fourth-order valence-electron chi connectivity index (χ4n) is 2.48. The van der Waals surface area contributed by atoms with Gasteiger partial charge in [-0.25, -0.2) is 0 Å². The van der Waals surface area contributed by atoms with Gasteiger partial charge in [0.05, 0.1) is 14.2 Å². The van der Waals surface area contributed by atoms with E-state index in [1.54, 1.807) is 36.9 Å². The first-order valence-corrected chi connectivity index (χ1v) is 9.18. The first-order valence-electron chi connectivity index (χ1n) is 7.55. The first-order chi connectivity index (χ1) is 12.2. The smallest absolute Gasteiger partial charge is 0.519 e. The topological polar surface area (TPSA) is 36.9 Å². The van der Waals surface area contributed by atoms with E-state index in [2.05, 4.69) is 0 Å². The Morgan fingerprint density at radius 1 is 0.680 bits per heavy atom. The lowest BCUT2D eigenvalue weighted by Gasteiger charge is -2.00. The molecule has 1 radical (unpaired) electrons. The molecule has 4 rings (SSSR count). The van der Waals surface area contributed by atoms with Crippen molar-refractivity contribution in [3.05, 3.63) is 48.5 Å². The van der Waals surface area contributed by atoms with Crippen LogP contribution in [0.2, 0.25) is 0 Å². The number of rotatable bonds is 6. The molecule has 0 unspecified atom stereocenters. The van der Waals surface area contributed by atoms with E-state index in [1.807, 2.05) is 48.5 Å². The van der Waals surface area contributed by atoms with Crippen molar-refractivity contribution in [3.63, 3.8) is 0 Å². The lowest BCUT2D eigenvalue weighted by atomic mass is 10.2. The van der Waals surface area contributed by atoms with Crippen LogP contribution in [-0.4, -0.2) is 21.9 Å². The quantitative estimate of drug-likeness (QED) is 0.442. The van der Waals surface area contributed by atoms with Crippen molar-refractivity contribution >= 4 is 50.5 Å². The fraction of sp³-hybridized carbons (Fsp3) is 0.111. The third-order valence-electron chi connectivity index (χ3n) is 3.73. The van der Waals surface area contributed by atoms with Crippen LogP contribution in [0.25, 0.3) is 20.2 Å². The maximum Gasteiger partial charge on any atom is 0.659 e. The van der Waals surface area contributed by atoms with Crippen molar-refractivity contribution in [2.75, 3.05) is 14.2 Å². The van der Waals surface area contributed by atoms with Crippen molar-refractivity contribution in [1.82, 2.24) is 0 Å². The van der Waals surface area contributed by atoms with Gasteiger partial charge in [-0.3, -0.25) is 0 Å². The normalized spacial score (nSPS) is 10.8. The molecule has 4 aromatic rings. The van der Waals surface area contributed by atoms with Crippen LogP contribution in [0, 0.1) is 0 Å². The Hall–Kier alpha value is -2.38. The minimum Gasteiger partial charge on any atom is -0.519 e. The molecule has 0 aliphatic carbocycles. The summed E-state index contributed by atoms with van der Waals surface area (Å²) in [6, 6.07) is 15.8. The van der Waals surface area contributed by atoms with Crippen molar-refractivity contribution in [2.24, 2.45) is 0 Å². The molecule has 4 nitrogen and oxygen atoms in total. The number of ether oxygens (including phenoxy) is 2. The van der Waals surface area contributed by atoms with Gasteiger partial charge in [-0.05, 0) is 59.3 Å². The summed E-state index contributed by atoms with van der Waals surface area (Å²) in [5, 5.41) is 3.71. The van der Waals surface area contributed by atoms with Gasteiger partial charge in [-0.2, -0.15) is 0 Å². The van der Waals surface area contributed by atoms with E-state index < -0.39 is 0 Å². The Balaban J connectivity index is 1.43. The molecule has 2 aromatic carbocycles. The number of fused-ring (bicyclic) bond motifs is 2. The highest BCUT2D eigenvalue weighted by Gasteiger charge is 2.09. The molecule has 0 bridgehead atoms. The number of hydrogen-bond acceptors (Lipinski definition) is 6. The number of thiophene rings is 2. The summed E-state index contributed by atoms with van der Waals surface area (Å²) in [5.74, 6) is 1.66. The molecule has 0 amide bonds. The molecule has 0 fully saturated rings. The molecule has 0 saturated heterocycles. The summed E-state index contributed by atoms with van der Waals surface area (Å²) in [7, 11) is 4.68. The number of methoxy groups -OCH3 is 2. The van der Waals surface area contributed by atoms with E-state index in [4.69, 9.17) is 18.8 Å². The van der Waals surface area contributed by atoms with Gasteiger partial charge in [-0.1, -0.05) is 0 Å². The minimum atomic E-state index is 0.769. The van der Waals surface area contributed by atoms with Gasteiger partial charge in [0, 0.05) is 9.40 Å². The summed E-state index contributed by atoms with van der Waals surface area (Å²) in [6.07, 6.45) is 0. The van der Waals surface area contributed by atoms with Crippen LogP contribution in [0.3, 0.4) is 0 Å². The second kappa shape index (κ2) is 6.86. The summed E-state index contributed by atoms with van der Waals surface area (Å²) in [5.41, 5.74) is 0. The van der Waals surface area contributed by atoms with Crippen molar-refractivity contribution in [1.29, 1.82) is 0 Å². The average molecular weight is 369 g/mol. The van der Waals surface area contributed by atoms with Crippen LogP contribution in [0.4, 0.5) is 0 Å². The molecular weight excluding hydrogens is 355 g/mol. The van der Waals surface area contributed by atoms with Crippen LogP contribution in [0.15, 0.2) is 48.5 Å². The van der Waals surface area contributed by atoms with Gasteiger partial charge in [0.25, 0.3) is 0 Å². The number of benzene rings is 2. The van der Waals surface area contributed by atoms with E-state index in [1.165, 1.54) is 7.69 Å². The molecule has 7 heteroatoms. The second-order valence-electron chi connectivity index (χ2n) is 5.27. The van der Waals surface area contributed by atoms with Crippen LogP contribution in [-0.2, 0) is 0 Å². The fourth-order valence-corrected chi connectivity index (χ4v) is 4.21. The highest BCUT2D eigenvalue weighted by molar-refractivity contribution is 7.21. The molecule has 0 aliphatic rings. The Kier molecular flexibility index (Phi) is 4.42. The maximum absolute atomic E-state index is 5.62. The van der Waals surface area contributed by atoms with Crippen molar-refractivity contribution in [3.8, 4) is 21.6 Å². The molecule has 125 valence electrons. The van der Waals surface area contributed by atoms with E-state index in [-0.39, 0.29) is 0 Å². The Bertz CT molecular complexity index is 942. The van der Waals surface area contributed by atoms with Crippen LogP contribution in [0.1, 0.15) is 0 Å². The highest BCUT2D eigenvalue weighted by Crippen LogP contribution is 2.35. The summed E-state index contributed by atoms with van der Waals surface area (Å²) in [6.45, 7) is 0. The zero-order valence-corrected chi connectivity index (χ0v) is 15.3. The molecule has 0 saturated carbocycles. The third-order valence-corrected chi connectivity index (χ3v) is 5.74. The Morgan fingerprint density at radius 3 is 1.60 bits per heavy atom. The third kappa shape index (κ3) is 3.38. The SMILES string of the molecule is COc1ccc2sc(O[B]Oc3cc4cc(OC)ccc4s3)cc2c1. The molecule has 0 spiro atoms. The van der Waals surface area contributed by atoms with Gasteiger partial charge in [0.15, 0.2) is 10.1 Å². The maximum atomic E-state index is 5.62. The molecule has 2 heterocycles.